The van der Waals surface area contributed by atoms with Gasteiger partial charge in [-0.05, 0) is 55.5 Å². The zero-order valence-electron chi connectivity index (χ0n) is 9.59. The fraction of sp³-hybridized carbons (Fsp3) is 0.364. The van der Waals surface area contributed by atoms with Gasteiger partial charge >= 0.3 is 6.09 Å². The molecule has 0 atom stereocenters. The fourth-order valence-corrected chi connectivity index (χ4v) is 2.13. The van der Waals surface area contributed by atoms with Crippen LogP contribution in [0.3, 0.4) is 0 Å². The number of carbonyl (C=O) groups is 1. The molecule has 1 N–H and O–H groups in total. The number of hydrogen-bond acceptors (Lipinski definition) is 1. The largest absolute Gasteiger partial charge is 0.465 e. The summed E-state index contributed by atoms with van der Waals surface area (Å²) in [5.41, 5.74) is -0.367. The Morgan fingerprint density at radius 3 is 2.41 bits per heavy atom. The Bertz CT molecular complexity index is 460. The van der Waals surface area contributed by atoms with Crippen molar-refractivity contribution < 1.29 is 14.3 Å². The highest BCUT2D eigenvalue weighted by molar-refractivity contribution is 14.1. The predicted molar refractivity (Wildman–Crippen MR) is 74.4 cm³/mol. The molecule has 0 spiro atoms. The van der Waals surface area contributed by atoms with Gasteiger partial charge in [0.1, 0.15) is 5.82 Å². The lowest BCUT2D eigenvalue weighted by molar-refractivity contribution is 0.195. The van der Waals surface area contributed by atoms with Crippen LogP contribution in [0.25, 0.3) is 0 Å². The Morgan fingerprint density at radius 1 is 1.47 bits per heavy atom. The summed E-state index contributed by atoms with van der Waals surface area (Å²) in [7, 11) is 0. The number of halogens is 3. The lowest BCUT2D eigenvalue weighted by Crippen LogP contribution is -2.45. The molecule has 0 unspecified atom stereocenters. The molecule has 0 aliphatic heterocycles. The van der Waals surface area contributed by atoms with Gasteiger partial charge in [0.05, 0.1) is 14.3 Å². The number of carboxylic acid groups (broad SMARTS) is 1. The molecule has 1 rings (SSSR count). The SMILES string of the molecule is CC(C)(C)N(C(=O)O)c1ccc(F)c(I)c1Cl. The van der Waals surface area contributed by atoms with Crippen LogP contribution in [0.2, 0.25) is 5.02 Å². The van der Waals surface area contributed by atoms with E-state index in [1.165, 1.54) is 12.1 Å². The molecule has 0 heterocycles. The maximum Gasteiger partial charge on any atom is 0.412 e. The Kier molecular flexibility index (Phi) is 4.24. The second kappa shape index (κ2) is 4.97. The molecule has 0 radical (unpaired) electrons. The van der Waals surface area contributed by atoms with E-state index in [0.717, 1.165) is 4.90 Å². The minimum atomic E-state index is -1.12. The second-order valence-electron chi connectivity index (χ2n) is 4.48. The van der Waals surface area contributed by atoms with Crippen LogP contribution in [0, 0.1) is 9.39 Å². The molecule has 3 nitrogen and oxygen atoms in total. The lowest BCUT2D eigenvalue weighted by Gasteiger charge is -2.33. The maximum atomic E-state index is 13.3. The minimum absolute atomic E-state index is 0.114. The monoisotopic (exact) mass is 371 g/mol. The van der Waals surface area contributed by atoms with Crippen LogP contribution in [0.4, 0.5) is 14.9 Å². The van der Waals surface area contributed by atoms with Gasteiger partial charge in [0.2, 0.25) is 0 Å². The summed E-state index contributed by atoms with van der Waals surface area (Å²) in [6, 6.07) is 2.59. The maximum absolute atomic E-state index is 13.3. The van der Waals surface area contributed by atoms with Gasteiger partial charge < -0.3 is 5.11 Å². The van der Waals surface area contributed by atoms with Crippen molar-refractivity contribution in [2.24, 2.45) is 0 Å². The summed E-state index contributed by atoms with van der Waals surface area (Å²) >= 11 is 7.74. The van der Waals surface area contributed by atoms with Crippen molar-refractivity contribution in [1.29, 1.82) is 0 Å². The molecule has 0 aliphatic rings. The summed E-state index contributed by atoms with van der Waals surface area (Å²) < 4.78 is 13.5. The third kappa shape index (κ3) is 3.01. The van der Waals surface area contributed by atoms with Crippen LogP contribution in [0.5, 0.6) is 0 Å². The van der Waals surface area contributed by atoms with E-state index in [1.807, 2.05) is 0 Å². The Hall–Kier alpha value is -0.560. The number of amides is 1. The van der Waals surface area contributed by atoms with Crippen molar-refractivity contribution in [1.82, 2.24) is 0 Å². The average Bonchev–Trinajstić information content (AvgIpc) is 2.16. The van der Waals surface area contributed by atoms with Crippen molar-refractivity contribution >= 4 is 46.0 Å². The molecule has 17 heavy (non-hydrogen) atoms. The first-order valence-electron chi connectivity index (χ1n) is 4.83. The summed E-state index contributed by atoms with van der Waals surface area (Å²) in [5, 5.41) is 9.33. The molecule has 1 amide bonds. The zero-order chi connectivity index (χ0) is 13.4. The number of nitrogens with zero attached hydrogens (tertiary/aromatic N) is 1. The molecule has 1 aromatic carbocycles. The molecular weight excluding hydrogens is 359 g/mol. The Morgan fingerprint density at radius 2 is 2.00 bits per heavy atom. The molecule has 0 bridgehead atoms. The van der Waals surface area contributed by atoms with Crippen LogP contribution in [-0.2, 0) is 0 Å². The molecule has 6 heteroatoms. The number of benzene rings is 1. The molecule has 0 aromatic heterocycles. The van der Waals surface area contributed by atoms with E-state index < -0.39 is 17.4 Å². The van der Waals surface area contributed by atoms with Crippen molar-refractivity contribution in [2.75, 3.05) is 4.90 Å². The van der Waals surface area contributed by atoms with Crippen LogP contribution < -0.4 is 4.90 Å². The van der Waals surface area contributed by atoms with E-state index in [4.69, 9.17) is 11.6 Å². The molecule has 94 valence electrons. The quantitative estimate of drug-likeness (QED) is 0.588. The minimum Gasteiger partial charge on any atom is -0.465 e. The first-order chi connectivity index (χ1) is 7.66. The van der Waals surface area contributed by atoms with E-state index >= 15 is 0 Å². The van der Waals surface area contributed by atoms with Gasteiger partial charge in [-0.2, -0.15) is 0 Å². The number of hydrogen-bond donors (Lipinski definition) is 1. The van der Waals surface area contributed by atoms with Gasteiger partial charge in [-0.15, -0.1) is 0 Å². The molecule has 0 saturated carbocycles. The first kappa shape index (κ1) is 14.5. The molecular formula is C11H12ClFINO2. The van der Waals surface area contributed by atoms with Crippen LogP contribution >= 0.6 is 34.2 Å². The van der Waals surface area contributed by atoms with Crippen LogP contribution in [-0.4, -0.2) is 16.7 Å². The van der Waals surface area contributed by atoms with Gasteiger partial charge in [-0.25, -0.2) is 9.18 Å². The zero-order valence-corrected chi connectivity index (χ0v) is 12.5. The summed E-state index contributed by atoms with van der Waals surface area (Å²) in [6.07, 6.45) is -1.12. The van der Waals surface area contributed by atoms with Crippen LogP contribution in [0.15, 0.2) is 12.1 Å². The Balaban J connectivity index is 3.40. The van der Waals surface area contributed by atoms with Gasteiger partial charge in [0.15, 0.2) is 0 Å². The standard InChI is InChI=1S/C11H12ClFINO2/c1-11(2,3)15(10(16)17)7-5-4-6(13)9(14)8(7)12/h4-5H,1-3H3,(H,16,17). The lowest BCUT2D eigenvalue weighted by atomic mass is 10.1. The van der Waals surface area contributed by atoms with E-state index in [1.54, 1.807) is 43.4 Å². The summed E-state index contributed by atoms with van der Waals surface area (Å²) in [6.45, 7) is 5.23. The van der Waals surface area contributed by atoms with Crippen LogP contribution in [0.1, 0.15) is 20.8 Å². The van der Waals surface area contributed by atoms with Gasteiger partial charge in [0.25, 0.3) is 0 Å². The molecule has 0 saturated heterocycles. The first-order valence-corrected chi connectivity index (χ1v) is 6.28. The van der Waals surface area contributed by atoms with Gasteiger partial charge in [-0.3, -0.25) is 4.90 Å². The topological polar surface area (TPSA) is 40.5 Å². The van der Waals surface area contributed by atoms with E-state index in [9.17, 15) is 14.3 Å². The number of rotatable bonds is 1. The second-order valence-corrected chi connectivity index (χ2v) is 5.94. The Labute approximate surface area is 118 Å². The molecule has 0 fully saturated rings. The highest BCUT2D eigenvalue weighted by Crippen LogP contribution is 2.35. The molecule has 0 aliphatic carbocycles. The van der Waals surface area contributed by atoms with Crippen molar-refractivity contribution in [3.8, 4) is 0 Å². The van der Waals surface area contributed by atoms with Crippen molar-refractivity contribution in [3.05, 3.63) is 26.5 Å². The average molecular weight is 372 g/mol. The molecule has 1 aromatic rings. The smallest absolute Gasteiger partial charge is 0.412 e. The van der Waals surface area contributed by atoms with Gasteiger partial charge in [-0.1, -0.05) is 11.6 Å². The summed E-state index contributed by atoms with van der Waals surface area (Å²) in [4.78, 5) is 12.4. The van der Waals surface area contributed by atoms with E-state index in [2.05, 4.69) is 0 Å². The van der Waals surface area contributed by atoms with Gasteiger partial charge in [0, 0.05) is 5.54 Å². The highest BCUT2D eigenvalue weighted by atomic mass is 127. The fourth-order valence-electron chi connectivity index (χ4n) is 1.44. The van der Waals surface area contributed by atoms with E-state index in [0.29, 0.717) is 0 Å². The van der Waals surface area contributed by atoms with E-state index in [-0.39, 0.29) is 14.3 Å². The third-order valence-corrected chi connectivity index (χ3v) is 3.87. The number of anilines is 1. The highest BCUT2D eigenvalue weighted by Gasteiger charge is 2.30. The summed E-state index contributed by atoms with van der Waals surface area (Å²) in [5.74, 6) is -0.460. The van der Waals surface area contributed by atoms with Crippen molar-refractivity contribution in [3.63, 3.8) is 0 Å². The third-order valence-electron chi connectivity index (χ3n) is 2.12. The van der Waals surface area contributed by atoms with Crippen molar-refractivity contribution in [2.45, 2.75) is 26.3 Å². The predicted octanol–water partition coefficient (Wildman–Crippen LogP) is 4.37. The normalized spacial score (nSPS) is 11.4.